The highest BCUT2D eigenvalue weighted by Gasteiger charge is 2.16. The molecule has 1 heterocycles. The number of aryl methyl sites for hydroxylation is 1. The molecule has 2 aromatic rings. The number of aromatic nitrogens is 2. The van der Waals surface area contributed by atoms with Crippen molar-refractivity contribution in [1.82, 2.24) is 15.1 Å². The van der Waals surface area contributed by atoms with E-state index in [4.69, 9.17) is 11.6 Å². The first-order chi connectivity index (χ1) is 8.61. The van der Waals surface area contributed by atoms with Gasteiger partial charge in [-0.3, -0.25) is 4.68 Å². The smallest absolute Gasteiger partial charge is 0.0643 e. The van der Waals surface area contributed by atoms with Crippen LogP contribution in [0.1, 0.15) is 17.3 Å². The van der Waals surface area contributed by atoms with Crippen molar-refractivity contribution >= 4 is 27.5 Å². The lowest BCUT2D eigenvalue weighted by molar-refractivity contribution is 0.577. The molecule has 0 aliphatic heterocycles. The Morgan fingerprint density at radius 1 is 1.44 bits per heavy atom. The predicted molar refractivity (Wildman–Crippen MR) is 77.9 cm³/mol. The average Bonchev–Trinajstić information content (AvgIpc) is 2.76. The second kappa shape index (κ2) is 5.87. The SMILES string of the molecule is CNC(Cc1ccn(C)n1)c1cccc(Br)c1Cl. The molecule has 3 nitrogen and oxygen atoms in total. The largest absolute Gasteiger partial charge is 0.313 e. The number of rotatable bonds is 4. The molecular weight excluding hydrogens is 314 g/mol. The fourth-order valence-electron chi connectivity index (χ4n) is 1.94. The van der Waals surface area contributed by atoms with E-state index < -0.39 is 0 Å². The van der Waals surface area contributed by atoms with E-state index in [1.807, 2.05) is 49.2 Å². The van der Waals surface area contributed by atoms with Gasteiger partial charge in [0.25, 0.3) is 0 Å². The molecule has 2 rings (SSSR count). The Bertz CT molecular complexity index is 539. The van der Waals surface area contributed by atoms with E-state index in [9.17, 15) is 0 Å². The summed E-state index contributed by atoms with van der Waals surface area (Å²) in [7, 11) is 3.86. The molecular formula is C13H15BrClN3. The third-order valence-electron chi connectivity index (χ3n) is 2.89. The van der Waals surface area contributed by atoms with Crippen LogP contribution in [0.3, 0.4) is 0 Å². The molecule has 0 spiro atoms. The Balaban J connectivity index is 2.25. The molecule has 5 heteroatoms. The standard InChI is InChI=1S/C13H15BrClN3/c1-16-12(8-9-6-7-18(2)17-9)10-4-3-5-11(14)13(10)15/h3-7,12,16H,8H2,1-2H3. The number of hydrogen-bond acceptors (Lipinski definition) is 2. The Labute approximate surface area is 120 Å². The van der Waals surface area contributed by atoms with E-state index >= 15 is 0 Å². The van der Waals surface area contributed by atoms with Gasteiger partial charge in [-0.1, -0.05) is 23.7 Å². The number of halogens is 2. The minimum Gasteiger partial charge on any atom is -0.313 e. The van der Waals surface area contributed by atoms with Gasteiger partial charge in [0.2, 0.25) is 0 Å². The minimum absolute atomic E-state index is 0.157. The maximum absolute atomic E-state index is 6.33. The highest BCUT2D eigenvalue weighted by atomic mass is 79.9. The molecule has 18 heavy (non-hydrogen) atoms. The van der Waals surface area contributed by atoms with Crippen LogP contribution >= 0.6 is 27.5 Å². The Morgan fingerprint density at radius 3 is 2.83 bits per heavy atom. The summed E-state index contributed by atoms with van der Waals surface area (Å²) in [5.74, 6) is 0. The summed E-state index contributed by atoms with van der Waals surface area (Å²) in [6.45, 7) is 0. The van der Waals surface area contributed by atoms with Crippen LogP contribution in [-0.2, 0) is 13.5 Å². The van der Waals surface area contributed by atoms with Crippen molar-refractivity contribution in [3.05, 3.63) is 51.2 Å². The van der Waals surface area contributed by atoms with E-state index in [2.05, 4.69) is 26.3 Å². The molecule has 1 N–H and O–H groups in total. The summed E-state index contributed by atoms with van der Waals surface area (Å²) in [6, 6.07) is 8.16. The molecule has 1 aromatic carbocycles. The van der Waals surface area contributed by atoms with Crippen molar-refractivity contribution in [3.63, 3.8) is 0 Å². The Kier molecular flexibility index (Phi) is 4.43. The van der Waals surface area contributed by atoms with Gasteiger partial charge in [0.15, 0.2) is 0 Å². The van der Waals surface area contributed by atoms with Crippen molar-refractivity contribution in [3.8, 4) is 0 Å². The first-order valence-corrected chi connectivity index (χ1v) is 6.88. The average molecular weight is 329 g/mol. The number of likely N-dealkylation sites (N-methyl/N-ethyl adjacent to an activating group) is 1. The van der Waals surface area contributed by atoms with E-state index in [1.165, 1.54) is 0 Å². The van der Waals surface area contributed by atoms with Crippen LogP contribution in [0, 0.1) is 0 Å². The van der Waals surface area contributed by atoms with Crippen molar-refractivity contribution in [2.75, 3.05) is 7.05 Å². The molecule has 96 valence electrons. The minimum atomic E-state index is 0.157. The van der Waals surface area contributed by atoms with Gasteiger partial charge >= 0.3 is 0 Å². The maximum Gasteiger partial charge on any atom is 0.0643 e. The van der Waals surface area contributed by atoms with Gasteiger partial charge in [-0.15, -0.1) is 0 Å². The van der Waals surface area contributed by atoms with Crippen LogP contribution in [0.4, 0.5) is 0 Å². The molecule has 0 aliphatic carbocycles. The molecule has 0 radical (unpaired) electrons. The zero-order valence-corrected chi connectivity index (χ0v) is 12.7. The molecule has 0 aliphatic rings. The Morgan fingerprint density at radius 2 is 2.22 bits per heavy atom. The first kappa shape index (κ1) is 13.6. The van der Waals surface area contributed by atoms with E-state index in [0.717, 1.165) is 27.2 Å². The number of hydrogen-bond donors (Lipinski definition) is 1. The lowest BCUT2D eigenvalue weighted by Gasteiger charge is -2.17. The number of nitrogens with zero attached hydrogens (tertiary/aromatic N) is 2. The fraction of sp³-hybridized carbons (Fsp3) is 0.308. The van der Waals surface area contributed by atoms with Crippen molar-refractivity contribution in [2.24, 2.45) is 7.05 Å². The van der Waals surface area contributed by atoms with Crippen molar-refractivity contribution < 1.29 is 0 Å². The third-order valence-corrected chi connectivity index (χ3v) is 4.20. The van der Waals surface area contributed by atoms with E-state index in [-0.39, 0.29) is 6.04 Å². The highest BCUT2D eigenvalue weighted by molar-refractivity contribution is 9.10. The topological polar surface area (TPSA) is 29.9 Å². The molecule has 1 unspecified atom stereocenters. The van der Waals surface area contributed by atoms with Crippen LogP contribution < -0.4 is 5.32 Å². The molecule has 0 fully saturated rings. The first-order valence-electron chi connectivity index (χ1n) is 5.71. The highest BCUT2D eigenvalue weighted by Crippen LogP contribution is 2.31. The summed E-state index contributed by atoms with van der Waals surface area (Å²) in [6.07, 6.45) is 2.76. The number of benzene rings is 1. The molecule has 0 saturated heterocycles. The van der Waals surface area contributed by atoms with Gasteiger partial charge in [0, 0.05) is 30.2 Å². The monoisotopic (exact) mass is 327 g/mol. The summed E-state index contributed by atoms with van der Waals surface area (Å²) in [4.78, 5) is 0. The van der Waals surface area contributed by atoms with Gasteiger partial charge in [-0.2, -0.15) is 5.10 Å². The second-order valence-electron chi connectivity index (χ2n) is 4.17. The quantitative estimate of drug-likeness (QED) is 0.933. The predicted octanol–water partition coefficient (Wildman–Crippen LogP) is 3.34. The molecule has 1 aromatic heterocycles. The van der Waals surface area contributed by atoms with Crippen LogP contribution in [0.5, 0.6) is 0 Å². The van der Waals surface area contributed by atoms with E-state index in [0.29, 0.717) is 0 Å². The molecule has 0 bridgehead atoms. The third kappa shape index (κ3) is 2.94. The van der Waals surface area contributed by atoms with Crippen LogP contribution in [0.25, 0.3) is 0 Å². The summed E-state index contributed by atoms with van der Waals surface area (Å²) in [5, 5.41) is 8.44. The molecule has 1 atom stereocenters. The maximum atomic E-state index is 6.33. The lowest BCUT2D eigenvalue weighted by atomic mass is 10.0. The van der Waals surface area contributed by atoms with E-state index in [1.54, 1.807) is 0 Å². The lowest BCUT2D eigenvalue weighted by Crippen LogP contribution is -2.19. The number of nitrogens with one attached hydrogen (secondary N) is 1. The van der Waals surface area contributed by atoms with Gasteiger partial charge < -0.3 is 5.32 Å². The van der Waals surface area contributed by atoms with Gasteiger partial charge in [-0.05, 0) is 40.7 Å². The summed E-state index contributed by atoms with van der Waals surface area (Å²) < 4.78 is 2.73. The van der Waals surface area contributed by atoms with Crippen molar-refractivity contribution in [2.45, 2.75) is 12.5 Å². The van der Waals surface area contributed by atoms with Gasteiger partial charge in [0.1, 0.15) is 0 Å². The van der Waals surface area contributed by atoms with Gasteiger partial charge in [-0.25, -0.2) is 0 Å². The second-order valence-corrected chi connectivity index (χ2v) is 5.40. The Hall–Kier alpha value is -0.840. The van der Waals surface area contributed by atoms with Crippen molar-refractivity contribution in [1.29, 1.82) is 0 Å². The fourth-order valence-corrected chi connectivity index (χ4v) is 2.58. The molecule has 0 saturated carbocycles. The van der Waals surface area contributed by atoms with Crippen LogP contribution in [0.15, 0.2) is 34.9 Å². The summed E-state index contributed by atoms with van der Waals surface area (Å²) in [5.41, 5.74) is 2.13. The zero-order valence-electron chi connectivity index (χ0n) is 10.3. The van der Waals surface area contributed by atoms with Gasteiger partial charge in [0.05, 0.1) is 10.7 Å². The normalized spacial score (nSPS) is 12.7. The van der Waals surface area contributed by atoms with Crippen LogP contribution in [0.2, 0.25) is 5.02 Å². The van der Waals surface area contributed by atoms with Crippen LogP contribution in [-0.4, -0.2) is 16.8 Å². The molecule has 0 amide bonds. The zero-order chi connectivity index (χ0) is 13.1. The summed E-state index contributed by atoms with van der Waals surface area (Å²) >= 11 is 9.78.